The molecule has 3 aromatic rings. The number of carbonyl (C=O) groups excluding carboxylic acids is 2. The molecule has 0 saturated carbocycles. The second-order valence-electron chi connectivity index (χ2n) is 8.31. The van der Waals surface area contributed by atoms with Gasteiger partial charge in [0.2, 0.25) is 11.6 Å². The second kappa shape index (κ2) is 7.50. The van der Waals surface area contributed by atoms with E-state index in [1.807, 2.05) is 6.92 Å². The zero-order valence-electron chi connectivity index (χ0n) is 18.1. The highest BCUT2D eigenvalue weighted by molar-refractivity contribution is 6.35. The van der Waals surface area contributed by atoms with Crippen LogP contribution >= 0.6 is 11.6 Å². The normalized spacial score (nSPS) is 18.1. The van der Waals surface area contributed by atoms with E-state index >= 15 is 0 Å². The van der Waals surface area contributed by atoms with E-state index in [4.69, 9.17) is 23.9 Å². The maximum atomic E-state index is 13.5. The number of benzene rings is 1. The molecule has 1 saturated heterocycles. The smallest absolute Gasteiger partial charge is 0.251 e. The molecular formula is C22H22ClN7O2. The van der Waals surface area contributed by atoms with Gasteiger partial charge in [0.1, 0.15) is 17.4 Å². The zero-order chi connectivity index (χ0) is 23.4. The summed E-state index contributed by atoms with van der Waals surface area (Å²) in [5.74, 6) is -0.168. The summed E-state index contributed by atoms with van der Waals surface area (Å²) in [5.41, 5.74) is 7.57. The van der Waals surface area contributed by atoms with Gasteiger partial charge in [-0.3, -0.25) is 9.59 Å². The van der Waals surface area contributed by atoms with Crippen LogP contribution in [0.25, 0.3) is 21.6 Å². The van der Waals surface area contributed by atoms with Gasteiger partial charge in [-0.2, -0.15) is 5.10 Å². The Kier molecular flexibility index (Phi) is 5.06. The largest absolute Gasteiger partial charge is 0.382 e. The first-order chi connectivity index (χ1) is 15.1. The molecule has 1 aliphatic rings. The number of nitrogens with two attached hydrogens (primary N) is 1. The van der Waals surface area contributed by atoms with Gasteiger partial charge in [0.15, 0.2) is 5.82 Å². The van der Waals surface area contributed by atoms with Crippen molar-refractivity contribution < 1.29 is 9.59 Å². The third-order valence-corrected chi connectivity index (χ3v) is 6.16. The van der Waals surface area contributed by atoms with Crippen molar-refractivity contribution in [2.75, 3.05) is 17.2 Å². The van der Waals surface area contributed by atoms with Crippen molar-refractivity contribution in [3.63, 3.8) is 0 Å². The van der Waals surface area contributed by atoms with Gasteiger partial charge in [-0.05, 0) is 38.5 Å². The molecule has 4 rings (SSSR count). The number of carbonyl (C=O) groups is 2. The van der Waals surface area contributed by atoms with Gasteiger partial charge < -0.3 is 15.5 Å². The number of rotatable bonds is 2. The fraction of sp³-hybridized carbons (Fsp3) is 0.318. The van der Waals surface area contributed by atoms with Crippen molar-refractivity contribution in [3.8, 4) is 11.3 Å². The Bertz CT molecular complexity index is 1310. The van der Waals surface area contributed by atoms with Crippen LogP contribution in [0.15, 0.2) is 30.6 Å². The summed E-state index contributed by atoms with van der Waals surface area (Å²) in [4.78, 5) is 36.4. The first-order valence-electron chi connectivity index (χ1n) is 9.99. The van der Waals surface area contributed by atoms with Gasteiger partial charge in [-0.1, -0.05) is 23.7 Å². The van der Waals surface area contributed by atoms with Crippen molar-refractivity contribution in [2.24, 2.45) is 0 Å². The molecule has 0 aliphatic carbocycles. The van der Waals surface area contributed by atoms with Crippen LogP contribution in [0.4, 0.5) is 17.2 Å². The van der Waals surface area contributed by atoms with Crippen molar-refractivity contribution in [3.05, 3.63) is 47.0 Å². The molecule has 1 aliphatic heterocycles. The minimum atomic E-state index is -1.04. The predicted octanol–water partition coefficient (Wildman–Crippen LogP) is 3.54. The number of nitrogen functional groups attached to an aromatic ring is 1. The first-order valence-corrected chi connectivity index (χ1v) is 10.4. The van der Waals surface area contributed by atoms with Crippen LogP contribution in [-0.2, 0) is 9.59 Å². The zero-order valence-corrected chi connectivity index (χ0v) is 18.9. The average Bonchev–Trinajstić information content (AvgIpc) is 3.08. The van der Waals surface area contributed by atoms with Gasteiger partial charge >= 0.3 is 0 Å². The Balaban J connectivity index is 1.88. The lowest BCUT2D eigenvalue weighted by atomic mass is 9.93. The maximum absolute atomic E-state index is 13.5. The molecule has 10 heteroatoms. The third kappa shape index (κ3) is 3.15. The summed E-state index contributed by atoms with van der Waals surface area (Å²) in [7, 11) is 0. The van der Waals surface area contributed by atoms with E-state index in [1.54, 1.807) is 52.4 Å². The topological polar surface area (TPSA) is 101 Å². The molecule has 3 heterocycles. The van der Waals surface area contributed by atoms with Crippen LogP contribution in [0.1, 0.15) is 27.7 Å². The molecule has 1 unspecified atom stereocenters. The number of aromatic nitrogens is 3. The van der Waals surface area contributed by atoms with E-state index in [1.165, 1.54) is 13.3 Å². The van der Waals surface area contributed by atoms with Crippen molar-refractivity contribution in [1.82, 2.24) is 19.5 Å². The Hall–Kier alpha value is -3.64. The molecular weight excluding hydrogens is 430 g/mol. The molecule has 0 spiro atoms. The molecule has 32 heavy (non-hydrogen) atoms. The van der Waals surface area contributed by atoms with Gasteiger partial charge in [-0.25, -0.2) is 14.3 Å². The molecule has 1 atom stereocenters. The SMILES string of the molecule is [C-]#[N+]c1ccc(-c2cc(Cl)c3c(N)ncnn23)cc1N1C(=O)C(C)(C)N(C(C)=O)CC1C. The lowest BCUT2D eigenvalue weighted by Crippen LogP contribution is -2.67. The fourth-order valence-corrected chi connectivity index (χ4v) is 4.53. The lowest BCUT2D eigenvalue weighted by molar-refractivity contribution is -0.146. The highest BCUT2D eigenvalue weighted by Gasteiger charge is 2.47. The molecule has 1 fully saturated rings. The number of piperazine rings is 1. The van der Waals surface area contributed by atoms with Crippen LogP contribution in [-0.4, -0.2) is 49.4 Å². The highest BCUT2D eigenvalue weighted by atomic mass is 35.5. The molecule has 0 radical (unpaired) electrons. The molecule has 164 valence electrons. The Morgan fingerprint density at radius 3 is 2.72 bits per heavy atom. The van der Waals surface area contributed by atoms with E-state index in [0.29, 0.717) is 39.7 Å². The molecule has 1 aromatic carbocycles. The number of halogens is 1. The summed E-state index contributed by atoms with van der Waals surface area (Å²) in [5, 5.41) is 4.66. The van der Waals surface area contributed by atoms with E-state index < -0.39 is 5.54 Å². The Labute approximate surface area is 190 Å². The van der Waals surface area contributed by atoms with Crippen molar-refractivity contribution >= 4 is 46.1 Å². The van der Waals surface area contributed by atoms with E-state index in [9.17, 15) is 9.59 Å². The third-order valence-electron chi connectivity index (χ3n) is 5.87. The van der Waals surface area contributed by atoms with Gasteiger partial charge in [0, 0.05) is 13.5 Å². The first kappa shape index (κ1) is 21.6. The Morgan fingerprint density at radius 1 is 1.34 bits per heavy atom. The van der Waals surface area contributed by atoms with Crippen LogP contribution in [0, 0.1) is 6.57 Å². The van der Waals surface area contributed by atoms with Gasteiger partial charge in [0.05, 0.1) is 29.0 Å². The van der Waals surface area contributed by atoms with Gasteiger partial charge in [0.25, 0.3) is 5.91 Å². The number of amides is 2. The molecule has 2 amide bonds. The summed E-state index contributed by atoms with van der Waals surface area (Å²) >= 11 is 6.38. The van der Waals surface area contributed by atoms with Crippen molar-refractivity contribution in [2.45, 2.75) is 39.3 Å². The second-order valence-corrected chi connectivity index (χ2v) is 8.72. The average molecular weight is 452 g/mol. The van der Waals surface area contributed by atoms with Gasteiger partial charge in [-0.15, -0.1) is 0 Å². The summed E-state index contributed by atoms with van der Waals surface area (Å²) < 4.78 is 1.59. The van der Waals surface area contributed by atoms with E-state index in [-0.39, 0.29) is 23.7 Å². The lowest BCUT2D eigenvalue weighted by Gasteiger charge is -2.49. The number of anilines is 2. The highest BCUT2D eigenvalue weighted by Crippen LogP contribution is 2.40. The number of nitrogens with zero attached hydrogens (tertiary/aromatic N) is 6. The molecule has 0 bridgehead atoms. The monoisotopic (exact) mass is 451 g/mol. The number of hydrogen-bond donors (Lipinski definition) is 1. The summed E-state index contributed by atoms with van der Waals surface area (Å²) in [6.07, 6.45) is 1.34. The summed E-state index contributed by atoms with van der Waals surface area (Å²) in [6.45, 7) is 14.8. The quantitative estimate of drug-likeness (QED) is 0.600. The van der Waals surface area contributed by atoms with Crippen LogP contribution in [0.5, 0.6) is 0 Å². The van der Waals surface area contributed by atoms with E-state index in [2.05, 4.69) is 14.9 Å². The maximum Gasteiger partial charge on any atom is 0.251 e. The standard InChI is InChI=1S/C22H22ClN7O2/c1-12-10-28(13(2)31)22(3,4)21(32)29(12)18-8-14(6-7-16(18)25-5)17-9-15(23)19-20(24)26-11-27-30(17)19/h6-9,11-12H,10H2,1-4H3,(H2,24,26,27). The number of hydrogen-bond acceptors (Lipinski definition) is 5. The Morgan fingerprint density at radius 2 is 2.06 bits per heavy atom. The van der Waals surface area contributed by atoms with Crippen LogP contribution < -0.4 is 10.6 Å². The predicted molar refractivity (Wildman–Crippen MR) is 123 cm³/mol. The van der Waals surface area contributed by atoms with Crippen LogP contribution in [0.3, 0.4) is 0 Å². The molecule has 9 nitrogen and oxygen atoms in total. The van der Waals surface area contributed by atoms with Crippen LogP contribution in [0.2, 0.25) is 5.02 Å². The minimum absolute atomic E-state index is 0.166. The summed E-state index contributed by atoms with van der Waals surface area (Å²) in [6, 6.07) is 6.62. The minimum Gasteiger partial charge on any atom is -0.382 e. The van der Waals surface area contributed by atoms with Crippen molar-refractivity contribution in [1.29, 1.82) is 0 Å². The molecule has 2 N–H and O–H groups in total. The fourth-order valence-electron chi connectivity index (χ4n) is 4.25. The van der Waals surface area contributed by atoms with E-state index in [0.717, 1.165) is 0 Å². The molecule has 2 aromatic heterocycles. The number of fused-ring (bicyclic) bond motifs is 1.